The van der Waals surface area contributed by atoms with Crippen molar-refractivity contribution in [1.29, 1.82) is 0 Å². The van der Waals surface area contributed by atoms with E-state index in [2.05, 4.69) is 74.5 Å². The molecule has 0 aliphatic carbocycles. The second-order valence-corrected chi connectivity index (χ2v) is 6.41. The molecule has 0 amide bonds. The fourth-order valence-corrected chi connectivity index (χ4v) is 3.93. The van der Waals surface area contributed by atoms with E-state index in [0.29, 0.717) is 6.04 Å². The molecule has 0 unspecified atom stereocenters. The fraction of sp³-hybridized carbons (Fsp3) is 0.200. The Labute approximate surface area is 104 Å². The van der Waals surface area contributed by atoms with Gasteiger partial charge in [-0.2, -0.15) is 0 Å². The molecule has 88 valence electrons. The van der Waals surface area contributed by atoms with Crippen LogP contribution < -0.4 is 10.6 Å². The van der Waals surface area contributed by atoms with Crippen LogP contribution in [0.1, 0.15) is 13.8 Å². The molecule has 2 heteroatoms. The van der Waals surface area contributed by atoms with Crippen LogP contribution in [-0.4, -0.2) is 6.04 Å². The SMILES string of the molecule is CC(C)N=[PH](c1ccccc1)c1ccccc1. The van der Waals surface area contributed by atoms with E-state index in [0.717, 1.165) is 0 Å². The molecule has 2 aromatic carbocycles. The minimum Gasteiger partial charge on any atom is -0.295 e. The first kappa shape index (κ1) is 12.1. The van der Waals surface area contributed by atoms with Gasteiger partial charge >= 0.3 is 0 Å². The third-order valence-electron chi connectivity index (χ3n) is 2.48. The number of rotatable bonds is 3. The van der Waals surface area contributed by atoms with Crippen LogP contribution in [0.4, 0.5) is 0 Å². The Hall–Kier alpha value is -1.33. The zero-order valence-corrected chi connectivity index (χ0v) is 11.3. The Balaban J connectivity index is 2.47. The third kappa shape index (κ3) is 3.31. The zero-order valence-electron chi connectivity index (χ0n) is 10.3. The normalized spacial score (nSPS) is 10.8. The number of hydrogen-bond donors (Lipinski definition) is 0. The van der Waals surface area contributed by atoms with Gasteiger partial charge in [0, 0.05) is 13.8 Å². The molecule has 0 saturated carbocycles. The highest BCUT2D eigenvalue weighted by Crippen LogP contribution is 2.25. The van der Waals surface area contributed by atoms with Crippen molar-refractivity contribution in [1.82, 2.24) is 0 Å². The van der Waals surface area contributed by atoms with Crippen LogP contribution in [0.25, 0.3) is 0 Å². The lowest BCUT2D eigenvalue weighted by Gasteiger charge is -2.10. The highest BCUT2D eigenvalue weighted by molar-refractivity contribution is 7.63. The van der Waals surface area contributed by atoms with Gasteiger partial charge in [-0.05, 0) is 24.5 Å². The lowest BCUT2D eigenvalue weighted by atomic mass is 10.4. The Morgan fingerprint density at radius 1 is 0.765 bits per heavy atom. The summed E-state index contributed by atoms with van der Waals surface area (Å²) in [6.45, 7) is 4.30. The maximum absolute atomic E-state index is 4.92. The van der Waals surface area contributed by atoms with E-state index in [-0.39, 0.29) is 0 Å². The van der Waals surface area contributed by atoms with E-state index in [9.17, 15) is 0 Å². The molecule has 0 bridgehead atoms. The summed E-state index contributed by atoms with van der Waals surface area (Å²) >= 11 is 0. The Kier molecular flexibility index (Phi) is 4.17. The summed E-state index contributed by atoms with van der Waals surface area (Å²) in [5.41, 5.74) is 0. The number of benzene rings is 2. The third-order valence-corrected chi connectivity index (χ3v) is 5.02. The average Bonchev–Trinajstić information content (AvgIpc) is 2.38. The van der Waals surface area contributed by atoms with Crippen molar-refractivity contribution in [2.75, 3.05) is 0 Å². The average molecular weight is 243 g/mol. The Morgan fingerprint density at radius 2 is 1.18 bits per heavy atom. The second-order valence-electron chi connectivity index (χ2n) is 4.30. The van der Waals surface area contributed by atoms with Crippen LogP contribution >= 0.6 is 7.71 Å². The van der Waals surface area contributed by atoms with Gasteiger partial charge in [0.15, 0.2) is 0 Å². The molecule has 0 radical (unpaired) electrons. The van der Waals surface area contributed by atoms with Crippen molar-refractivity contribution in [3.63, 3.8) is 0 Å². The van der Waals surface area contributed by atoms with E-state index < -0.39 is 7.71 Å². The monoisotopic (exact) mass is 243 g/mol. The van der Waals surface area contributed by atoms with Crippen LogP contribution in [0.3, 0.4) is 0 Å². The molecular formula is C15H18NP. The molecule has 2 aromatic rings. The topological polar surface area (TPSA) is 12.4 Å². The lowest BCUT2D eigenvalue weighted by Crippen LogP contribution is -2.07. The first-order valence-corrected chi connectivity index (χ1v) is 7.41. The minimum absolute atomic E-state index is 0.379. The van der Waals surface area contributed by atoms with Gasteiger partial charge in [-0.1, -0.05) is 60.7 Å². The van der Waals surface area contributed by atoms with E-state index in [1.165, 1.54) is 10.6 Å². The maximum atomic E-state index is 4.92. The van der Waals surface area contributed by atoms with Crippen molar-refractivity contribution in [3.8, 4) is 0 Å². The molecule has 0 spiro atoms. The minimum atomic E-state index is -0.974. The molecule has 1 nitrogen and oxygen atoms in total. The van der Waals surface area contributed by atoms with Gasteiger partial charge in [0.05, 0.1) is 0 Å². The summed E-state index contributed by atoms with van der Waals surface area (Å²) in [4.78, 5) is 0. The Morgan fingerprint density at radius 3 is 1.53 bits per heavy atom. The summed E-state index contributed by atoms with van der Waals surface area (Å²) in [6, 6.07) is 21.6. The lowest BCUT2D eigenvalue weighted by molar-refractivity contribution is 0.850. The molecule has 0 aromatic heterocycles. The van der Waals surface area contributed by atoms with Crippen LogP contribution in [0.15, 0.2) is 65.4 Å². The van der Waals surface area contributed by atoms with Crippen molar-refractivity contribution < 1.29 is 0 Å². The van der Waals surface area contributed by atoms with Crippen LogP contribution in [0.2, 0.25) is 0 Å². The molecule has 0 fully saturated rings. The van der Waals surface area contributed by atoms with Crippen LogP contribution in [0, 0.1) is 0 Å². The first-order valence-electron chi connectivity index (χ1n) is 5.96. The van der Waals surface area contributed by atoms with Gasteiger partial charge in [0.1, 0.15) is 0 Å². The number of hydrogen-bond acceptors (Lipinski definition) is 1. The van der Waals surface area contributed by atoms with Gasteiger partial charge in [-0.25, -0.2) is 0 Å². The summed E-state index contributed by atoms with van der Waals surface area (Å²) in [5, 5.41) is 2.72. The van der Waals surface area contributed by atoms with Gasteiger partial charge in [0.2, 0.25) is 0 Å². The van der Waals surface area contributed by atoms with Crippen molar-refractivity contribution in [3.05, 3.63) is 60.7 Å². The van der Waals surface area contributed by atoms with Crippen molar-refractivity contribution in [2.45, 2.75) is 19.9 Å². The molecular weight excluding hydrogens is 225 g/mol. The van der Waals surface area contributed by atoms with Crippen LogP contribution in [-0.2, 0) is 0 Å². The molecule has 17 heavy (non-hydrogen) atoms. The molecule has 2 rings (SSSR count). The van der Waals surface area contributed by atoms with Gasteiger partial charge in [-0.3, -0.25) is 4.74 Å². The van der Waals surface area contributed by atoms with Gasteiger partial charge in [0.25, 0.3) is 0 Å². The quantitative estimate of drug-likeness (QED) is 0.732. The van der Waals surface area contributed by atoms with Gasteiger partial charge < -0.3 is 0 Å². The largest absolute Gasteiger partial charge is 0.295 e. The van der Waals surface area contributed by atoms with E-state index >= 15 is 0 Å². The molecule has 0 saturated heterocycles. The predicted octanol–water partition coefficient (Wildman–Crippen LogP) is 3.44. The molecule has 0 aliphatic rings. The van der Waals surface area contributed by atoms with Gasteiger partial charge in [-0.15, -0.1) is 0 Å². The highest BCUT2D eigenvalue weighted by atomic mass is 31.1. The molecule has 0 aliphatic heterocycles. The predicted molar refractivity (Wildman–Crippen MR) is 78.0 cm³/mol. The summed E-state index contributed by atoms with van der Waals surface area (Å²) in [6.07, 6.45) is 0. The second kappa shape index (κ2) is 5.84. The molecule has 0 heterocycles. The number of nitrogens with zero attached hydrogens (tertiary/aromatic N) is 1. The summed E-state index contributed by atoms with van der Waals surface area (Å²) in [7, 11) is -0.974. The van der Waals surface area contributed by atoms with E-state index in [4.69, 9.17) is 4.74 Å². The Bertz CT molecular complexity index is 447. The summed E-state index contributed by atoms with van der Waals surface area (Å²) < 4.78 is 4.92. The zero-order chi connectivity index (χ0) is 12.1. The highest BCUT2D eigenvalue weighted by Gasteiger charge is 2.04. The molecule has 0 N–H and O–H groups in total. The summed E-state index contributed by atoms with van der Waals surface area (Å²) in [5.74, 6) is 0. The standard InChI is InChI=1S/C15H18NP/c1-13(2)16-17(14-9-5-3-6-10-14)15-11-7-4-8-12-15/h3-13,17H,1-2H3. The van der Waals surface area contributed by atoms with Crippen molar-refractivity contribution >= 4 is 18.3 Å². The smallest absolute Gasteiger partial charge is 0.0433 e. The van der Waals surface area contributed by atoms with E-state index in [1.807, 2.05) is 0 Å². The van der Waals surface area contributed by atoms with Crippen LogP contribution in [0.5, 0.6) is 0 Å². The first-order chi connectivity index (χ1) is 8.27. The fourth-order valence-electron chi connectivity index (χ4n) is 1.77. The molecule has 0 atom stereocenters. The van der Waals surface area contributed by atoms with Crippen molar-refractivity contribution in [2.24, 2.45) is 4.74 Å². The van der Waals surface area contributed by atoms with E-state index in [1.54, 1.807) is 0 Å². The maximum Gasteiger partial charge on any atom is 0.0433 e.